The number of nitrogens with zero attached hydrogens (tertiary/aromatic N) is 1. The number of nitrogens with one attached hydrogen (secondary N) is 1. The predicted octanol–water partition coefficient (Wildman–Crippen LogP) is -0.210. The average Bonchev–Trinajstić information content (AvgIpc) is 2.47. The number of rotatable bonds is 3. The van der Waals surface area contributed by atoms with Crippen LogP contribution in [0.2, 0.25) is 0 Å². The molecule has 1 atom stereocenters. The van der Waals surface area contributed by atoms with Crippen molar-refractivity contribution < 1.29 is 9.59 Å². The first-order valence-electron chi connectivity index (χ1n) is 5.83. The molecule has 1 aliphatic carbocycles. The molecule has 0 aromatic rings. The van der Waals surface area contributed by atoms with Crippen molar-refractivity contribution >= 4 is 29.0 Å². The minimum atomic E-state index is -0.698. The molecule has 3 N–H and O–H groups in total. The number of nitrogens with two attached hydrogens (primary N) is 1. The lowest BCUT2D eigenvalue weighted by atomic mass is 9.68. The summed E-state index contributed by atoms with van der Waals surface area (Å²) in [5, 5.41) is 2.79. The third-order valence-electron chi connectivity index (χ3n) is 3.85. The van der Waals surface area contributed by atoms with Crippen LogP contribution in [0.5, 0.6) is 0 Å². The number of carbonyl (C=O) groups is 2. The van der Waals surface area contributed by atoms with Gasteiger partial charge in [0.25, 0.3) is 0 Å². The summed E-state index contributed by atoms with van der Waals surface area (Å²) in [5.74, 6) is -0.208. The van der Waals surface area contributed by atoms with E-state index in [1.54, 1.807) is 11.9 Å². The van der Waals surface area contributed by atoms with Gasteiger partial charge >= 0.3 is 0 Å². The van der Waals surface area contributed by atoms with Crippen LogP contribution in [0.4, 0.5) is 0 Å². The summed E-state index contributed by atoms with van der Waals surface area (Å²) >= 11 is 4.97. The van der Waals surface area contributed by atoms with Crippen LogP contribution in [-0.4, -0.2) is 41.3 Å². The highest BCUT2D eigenvalue weighted by molar-refractivity contribution is 7.80. The van der Waals surface area contributed by atoms with Gasteiger partial charge in [0.1, 0.15) is 6.04 Å². The maximum atomic E-state index is 12.1. The molecule has 1 saturated heterocycles. The summed E-state index contributed by atoms with van der Waals surface area (Å²) in [6.45, 7) is 0.684. The van der Waals surface area contributed by atoms with Crippen molar-refractivity contribution in [3.05, 3.63) is 0 Å². The second kappa shape index (κ2) is 4.25. The van der Waals surface area contributed by atoms with E-state index in [4.69, 9.17) is 18.0 Å². The van der Waals surface area contributed by atoms with Gasteiger partial charge in [-0.1, -0.05) is 18.6 Å². The Balaban J connectivity index is 2.02. The van der Waals surface area contributed by atoms with Crippen molar-refractivity contribution in [2.75, 3.05) is 13.6 Å². The van der Waals surface area contributed by atoms with Gasteiger partial charge in [0, 0.05) is 13.6 Å². The molecule has 6 heteroatoms. The fourth-order valence-corrected chi connectivity index (χ4v) is 2.67. The van der Waals surface area contributed by atoms with E-state index in [9.17, 15) is 9.59 Å². The van der Waals surface area contributed by atoms with Crippen LogP contribution in [0.25, 0.3) is 0 Å². The maximum absolute atomic E-state index is 12.1. The van der Waals surface area contributed by atoms with Gasteiger partial charge in [-0.2, -0.15) is 0 Å². The lowest BCUT2D eigenvalue weighted by Crippen LogP contribution is -2.56. The van der Waals surface area contributed by atoms with Gasteiger partial charge in [-0.3, -0.25) is 9.59 Å². The SMILES string of the molecule is CN1CCC(NC(=O)C2(C(N)=S)CCC2)C1=O. The number of thiocarbonyl (C=S) groups is 1. The van der Waals surface area contributed by atoms with E-state index >= 15 is 0 Å². The van der Waals surface area contributed by atoms with E-state index in [0.29, 0.717) is 25.8 Å². The molecule has 0 aromatic carbocycles. The monoisotopic (exact) mass is 255 g/mol. The Hall–Kier alpha value is -1.17. The molecular weight excluding hydrogens is 238 g/mol. The first-order valence-corrected chi connectivity index (χ1v) is 6.24. The quantitative estimate of drug-likeness (QED) is 0.684. The third kappa shape index (κ3) is 1.90. The normalized spacial score (nSPS) is 26.5. The Morgan fingerprint density at radius 1 is 1.59 bits per heavy atom. The standard InChI is InChI=1S/C11H17N3O2S/c1-14-6-3-7(8(14)15)13-10(16)11(9(12)17)4-2-5-11/h7H,2-6H2,1H3,(H2,12,17)(H,13,16). The van der Waals surface area contributed by atoms with Crippen LogP contribution in [0.3, 0.4) is 0 Å². The summed E-state index contributed by atoms with van der Waals surface area (Å²) < 4.78 is 0. The number of carbonyl (C=O) groups excluding carboxylic acids is 2. The van der Waals surface area contributed by atoms with Gasteiger partial charge in [0.05, 0.1) is 10.4 Å². The van der Waals surface area contributed by atoms with E-state index in [1.807, 2.05) is 0 Å². The minimum Gasteiger partial charge on any atom is -0.392 e. The van der Waals surface area contributed by atoms with Gasteiger partial charge < -0.3 is 16.0 Å². The van der Waals surface area contributed by atoms with E-state index in [-0.39, 0.29) is 16.8 Å². The van der Waals surface area contributed by atoms with Crippen molar-refractivity contribution in [1.29, 1.82) is 0 Å². The zero-order valence-corrected chi connectivity index (χ0v) is 10.7. The lowest BCUT2D eigenvalue weighted by molar-refractivity contribution is -0.136. The Labute approximate surface area is 106 Å². The molecule has 1 unspecified atom stereocenters. The highest BCUT2D eigenvalue weighted by Crippen LogP contribution is 2.41. The molecule has 5 nitrogen and oxygen atoms in total. The molecule has 0 radical (unpaired) electrons. The molecule has 1 heterocycles. The van der Waals surface area contributed by atoms with Gasteiger partial charge in [-0.15, -0.1) is 0 Å². The molecule has 17 heavy (non-hydrogen) atoms. The van der Waals surface area contributed by atoms with Crippen molar-refractivity contribution in [3.63, 3.8) is 0 Å². The Kier molecular flexibility index (Phi) is 3.07. The maximum Gasteiger partial charge on any atom is 0.244 e. The Morgan fingerprint density at radius 3 is 2.59 bits per heavy atom. The van der Waals surface area contributed by atoms with E-state index in [1.165, 1.54) is 0 Å². The second-order valence-electron chi connectivity index (χ2n) is 4.87. The number of amides is 2. The molecule has 0 bridgehead atoms. The number of likely N-dealkylation sites (N-methyl/N-ethyl adjacent to an activating group) is 1. The minimum absolute atomic E-state index is 0.0317. The molecule has 94 valence electrons. The summed E-state index contributed by atoms with van der Waals surface area (Å²) in [4.78, 5) is 25.7. The van der Waals surface area contributed by atoms with Crippen LogP contribution in [-0.2, 0) is 9.59 Å². The summed E-state index contributed by atoms with van der Waals surface area (Å²) in [6.07, 6.45) is 3.02. The van der Waals surface area contributed by atoms with Crippen LogP contribution >= 0.6 is 12.2 Å². The van der Waals surface area contributed by atoms with Crippen LogP contribution in [0.1, 0.15) is 25.7 Å². The van der Waals surface area contributed by atoms with Gasteiger partial charge in [-0.25, -0.2) is 0 Å². The van der Waals surface area contributed by atoms with E-state index in [2.05, 4.69) is 5.32 Å². The zero-order valence-electron chi connectivity index (χ0n) is 9.86. The van der Waals surface area contributed by atoms with Crippen LogP contribution < -0.4 is 11.1 Å². The average molecular weight is 255 g/mol. The highest BCUT2D eigenvalue weighted by atomic mass is 32.1. The van der Waals surface area contributed by atoms with Crippen LogP contribution in [0.15, 0.2) is 0 Å². The third-order valence-corrected chi connectivity index (χ3v) is 4.24. The Bertz CT molecular complexity index is 379. The summed E-state index contributed by atoms with van der Waals surface area (Å²) in [5.41, 5.74) is 4.95. The predicted molar refractivity (Wildman–Crippen MR) is 67.3 cm³/mol. The summed E-state index contributed by atoms with van der Waals surface area (Å²) in [6, 6.07) is -0.403. The van der Waals surface area contributed by atoms with Gasteiger partial charge in [0.2, 0.25) is 11.8 Å². The number of hydrogen-bond acceptors (Lipinski definition) is 3. The fraction of sp³-hybridized carbons (Fsp3) is 0.727. The highest BCUT2D eigenvalue weighted by Gasteiger charge is 2.48. The fourth-order valence-electron chi connectivity index (χ4n) is 2.37. The zero-order chi connectivity index (χ0) is 12.6. The molecular formula is C11H17N3O2S. The second-order valence-corrected chi connectivity index (χ2v) is 5.31. The van der Waals surface area contributed by atoms with E-state index in [0.717, 1.165) is 6.42 Å². The molecule has 2 fully saturated rings. The van der Waals surface area contributed by atoms with Gasteiger partial charge in [0.15, 0.2) is 0 Å². The number of hydrogen-bond donors (Lipinski definition) is 2. The lowest BCUT2D eigenvalue weighted by Gasteiger charge is -2.39. The smallest absolute Gasteiger partial charge is 0.244 e. The Morgan fingerprint density at radius 2 is 2.24 bits per heavy atom. The summed E-state index contributed by atoms with van der Waals surface area (Å²) in [7, 11) is 1.74. The van der Waals surface area contributed by atoms with Crippen molar-refractivity contribution in [2.45, 2.75) is 31.7 Å². The molecule has 2 rings (SSSR count). The van der Waals surface area contributed by atoms with Crippen molar-refractivity contribution in [2.24, 2.45) is 11.1 Å². The van der Waals surface area contributed by atoms with Crippen molar-refractivity contribution in [3.8, 4) is 0 Å². The van der Waals surface area contributed by atoms with Crippen molar-refractivity contribution in [1.82, 2.24) is 10.2 Å². The molecule has 2 amide bonds. The van der Waals surface area contributed by atoms with Gasteiger partial charge in [-0.05, 0) is 19.3 Å². The number of likely N-dealkylation sites (tertiary alicyclic amines) is 1. The first-order chi connectivity index (χ1) is 7.97. The molecule has 2 aliphatic rings. The molecule has 1 saturated carbocycles. The molecule has 1 aliphatic heterocycles. The first kappa shape index (κ1) is 12.3. The van der Waals surface area contributed by atoms with E-state index < -0.39 is 11.5 Å². The largest absolute Gasteiger partial charge is 0.392 e. The molecule has 0 aromatic heterocycles. The van der Waals surface area contributed by atoms with Crippen LogP contribution in [0, 0.1) is 5.41 Å². The topological polar surface area (TPSA) is 75.4 Å². The molecule has 0 spiro atoms.